The molecule has 1 unspecified atom stereocenters. The lowest BCUT2D eigenvalue weighted by Crippen LogP contribution is -2.25. The molecule has 0 aliphatic heterocycles. The topological polar surface area (TPSA) is 27.6 Å². The predicted molar refractivity (Wildman–Crippen MR) is 59.4 cm³/mol. The van der Waals surface area contributed by atoms with E-state index < -0.39 is 0 Å². The molecule has 0 aliphatic carbocycles. The summed E-state index contributed by atoms with van der Waals surface area (Å²) in [5.41, 5.74) is 0. The highest BCUT2D eigenvalue weighted by atomic mass is 15.1. The Morgan fingerprint density at radius 3 is 2.69 bits per heavy atom. The Morgan fingerprint density at radius 2 is 2.15 bits per heavy atom. The fourth-order valence-corrected chi connectivity index (χ4v) is 0.749. The lowest BCUT2D eigenvalue weighted by Gasteiger charge is -2.11. The number of aliphatic imine (C=N–C) groups is 1. The van der Waals surface area contributed by atoms with Crippen molar-refractivity contribution in [2.24, 2.45) is 4.99 Å². The van der Waals surface area contributed by atoms with Crippen molar-refractivity contribution in [3.63, 3.8) is 0 Å². The molecule has 0 radical (unpaired) electrons. The monoisotopic (exact) mass is 185 g/mol. The second-order valence-corrected chi connectivity index (χ2v) is 3.41. The van der Waals surface area contributed by atoms with E-state index in [0.717, 1.165) is 26.1 Å². The normalized spacial score (nSPS) is 13.9. The molecule has 0 saturated heterocycles. The zero-order valence-corrected chi connectivity index (χ0v) is 9.38. The van der Waals surface area contributed by atoms with Gasteiger partial charge in [0.15, 0.2) is 0 Å². The van der Waals surface area contributed by atoms with E-state index in [1.165, 1.54) is 0 Å². The number of hydrogen-bond donors (Lipinski definition) is 1. The van der Waals surface area contributed by atoms with E-state index in [4.69, 9.17) is 0 Å². The van der Waals surface area contributed by atoms with E-state index in [1.54, 1.807) is 0 Å². The standard InChI is InChI=1S/C10H23N3/c1-5-10(3)12-9-11-7-8-13(4)6-2/h9-10H,5-8H2,1-4H3,(H,11,12). The molecular formula is C10H23N3. The van der Waals surface area contributed by atoms with Crippen molar-refractivity contribution in [2.75, 3.05) is 26.7 Å². The van der Waals surface area contributed by atoms with Gasteiger partial charge in [0.25, 0.3) is 0 Å². The van der Waals surface area contributed by atoms with Crippen LogP contribution in [0, 0.1) is 0 Å². The maximum absolute atomic E-state index is 4.27. The first-order valence-corrected chi connectivity index (χ1v) is 5.13. The van der Waals surface area contributed by atoms with Gasteiger partial charge in [-0.15, -0.1) is 0 Å². The number of nitrogens with zero attached hydrogens (tertiary/aromatic N) is 2. The second kappa shape index (κ2) is 8.05. The van der Waals surface area contributed by atoms with Crippen molar-refractivity contribution in [1.29, 1.82) is 0 Å². The molecule has 0 aromatic rings. The third kappa shape index (κ3) is 7.78. The lowest BCUT2D eigenvalue weighted by molar-refractivity contribution is 0.363. The Kier molecular flexibility index (Phi) is 7.69. The molecule has 3 heteroatoms. The van der Waals surface area contributed by atoms with Gasteiger partial charge in [0, 0.05) is 12.6 Å². The number of nitrogens with one attached hydrogen (secondary N) is 1. The van der Waals surface area contributed by atoms with Gasteiger partial charge >= 0.3 is 0 Å². The van der Waals surface area contributed by atoms with Crippen LogP contribution >= 0.6 is 0 Å². The van der Waals surface area contributed by atoms with E-state index in [-0.39, 0.29) is 0 Å². The first-order valence-electron chi connectivity index (χ1n) is 5.13. The Morgan fingerprint density at radius 1 is 1.46 bits per heavy atom. The minimum Gasteiger partial charge on any atom is -0.374 e. The molecule has 13 heavy (non-hydrogen) atoms. The van der Waals surface area contributed by atoms with Crippen LogP contribution in [0.2, 0.25) is 0 Å². The molecule has 0 aromatic carbocycles. The Bertz CT molecular complexity index is 134. The summed E-state index contributed by atoms with van der Waals surface area (Å²) in [6, 6.07) is 0.535. The second-order valence-electron chi connectivity index (χ2n) is 3.41. The minimum atomic E-state index is 0.535. The first kappa shape index (κ1) is 12.4. The summed E-state index contributed by atoms with van der Waals surface area (Å²) in [5, 5.41) is 3.21. The highest BCUT2D eigenvalue weighted by Gasteiger charge is 1.92. The summed E-state index contributed by atoms with van der Waals surface area (Å²) in [6.07, 6.45) is 2.97. The molecule has 0 aromatic heterocycles. The summed E-state index contributed by atoms with van der Waals surface area (Å²) in [6.45, 7) is 9.49. The SMILES string of the molecule is CCC(C)NC=NCCN(C)CC. The average molecular weight is 185 g/mol. The molecule has 0 aliphatic rings. The van der Waals surface area contributed by atoms with Crippen molar-refractivity contribution >= 4 is 6.34 Å². The highest BCUT2D eigenvalue weighted by Crippen LogP contribution is 1.84. The summed E-state index contributed by atoms with van der Waals surface area (Å²) in [5.74, 6) is 0. The van der Waals surface area contributed by atoms with Crippen molar-refractivity contribution in [1.82, 2.24) is 10.2 Å². The van der Waals surface area contributed by atoms with Gasteiger partial charge in [-0.1, -0.05) is 13.8 Å². The molecule has 0 spiro atoms. The van der Waals surface area contributed by atoms with Gasteiger partial charge in [-0.25, -0.2) is 0 Å². The molecule has 3 nitrogen and oxygen atoms in total. The predicted octanol–water partition coefficient (Wildman–Crippen LogP) is 1.35. The molecule has 0 fully saturated rings. The van der Waals surface area contributed by atoms with Crippen LogP contribution in [-0.2, 0) is 0 Å². The van der Waals surface area contributed by atoms with Gasteiger partial charge in [-0.2, -0.15) is 0 Å². The molecule has 1 atom stereocenters. The first-order chi connectivity index (χ1) is 6.20. The summed E-state index contributed by atoms with van der Waals surface area (Å²) in [4.78, 5) is 6.52. The van der Waals surface area contributed by atoms with Crippen LogP contribution in [0.25, 0.3) is 0 Å². The molecule has 0 saturated carbocycles. The average Bonchev–Trinajstić information content (AvgIpc) is 2.16. The minimum absolute atomic E-state index is 0.535. The largest absolute Gasteiger partial charge is 0.374 e. The van der Waals surface area contributed by atoms with E-state index in [0.29, 0.717) is 6.04 Å². The van der Waals surface area contributed by atoms with Gasteiger partial charge in [-0.3, -0.25) is 4.99 Å². The highest BCUT2D eigenvalue weighted by molar-refractivity contribution is 5.54. The van der Waals surface area contributed by atoms with Crippen LogP contribution < -0.4 is 5.32 Å². The zero-order chi connectivity index (χ0) is 10.1. The van der Waals surface area contributed by atoms with Crippen molar-refractivity contribution in [3.05, 3.63) is 0 Å². The van der Waals surface area contributed by atoms with Crippen LogP contribution in [0.4, 0.5) is 0 Å². The summed E-state index contributed by atoms with van der Waals surface area (Å²) in [7, 11) is 2.11. The third-order valence-corrected chi connectivity index (χ3v) is 2.21. The lowest BCUT2D eigenvalue weighted by atomic mass is 10.3. The van der Waals surface area contributed by atoms with Gasteiger partial charge < -0.3 is 10.2 Å². The molecular weight excluding hydrogens is 162 g/mol. The van der Waals surface area contributed by atoms with Gasteiger partial charge in [0.2, 0.25) is 0 Å². The van der Waals surface area contributed by atoms with Gasteiger partial charge in [-0.05, 0) is 26.9 Å². The van der Waals surface area contributed by atoms with Crippen molar-refractivity contribution in [2.45, 2.75) is 33.2 Å². The number of hydrogen-bond acceptors (Lipinski definition) is 2. The van der Waals surface area contributed by atoms with Crippen LogP contribution in [0.5, 0.6) is 0 Å². The summed E-state index contributed by atoms with van der Waals surface area (Å²) < 4.78 is 0. The molecule has 78 valence electrons. The van der Waals surface area contributed by atoms with Gasteiger partial charge in [0.05, 0.1) is 12.9 Å². The smallest absolute Gasteiger partial charge is 0.0826 e. The molecule has 0 bridgehead atoms. The van der Waals surface area contributed by atoms with Crippen molar-refractivity contribution < 1.29 is 0 Å². The fraction of sp³-hybridized carbons (Fsp3) is 0.900. The Labute approximate surface area is 82.2 Å². The van der Waals surface area contributed by atoms with Crippen LogP contribution in [0.1, 0.15) is 27.2 Å². The maximum Gasteiger partial charge on any atom is 0.0826 e. The molecule has 0 rings (SSSR count). The Balaban J connectivity index is 3.31. The molecule has 0 heterocycles. The van der Waals surface area contributed by atoms with Crippen molar-refractivity contribution in [3.8, 4) is 0 Å². The number of rotatable bonds is 7. The van der Waals surface area contributed by atoms with E-state index >= 15 is 0 Å². The zero-order valence-electron chi connectivity index (χ0n) is 9.38. The van der Waals surface area contributed by atoms with E-state index in [9.17, 15) is 0 Å². The quantitative estimate of drug-likeness (QED) is 0.479. The van der Waals surface area contributed by atoms with Crippen LogP contribution in [-0.4, -0.2) is 44.0 Å². The molecule has 0 amide bonds. The van der Waals surface area contributed by atoms with Gasteiger partial charge in [0.1, 0.15) is 0 Å². The third-order valence-electron chi connectivity index (χ3n) is 2.21. The summed E-state index contributed by atoms with van der Waals surface area (Å²) >= 11 is 0. The van der Waals surface area contributed by atoms with Crippen LogP contribution in [0.3, 0.4) is 0 Å². The fourth-order valence-electron chi connectivity index (χ4n) is 0.749. The number of likely N-dealkylation sites (N-methyl/N-ethyl adjacent to an activating group) is 1. The van der Waals surface area contributed by atoms with Crippen LogP contribution in [0.15, 0.2) is 4.99 Å². The Hall–Kier alpha value is -0.570. The van der Waals surface area contributed by atoms with E-state index in [2.05, 4.69) is 43.0 Å². The molecule has 1 N–H and O–H groups in total. The van der Waals surface area contributed by atoms with E-state index in [1.807, 2.05) is 6.34 Å². The maximum atomic E-state index is 4.27.